The number of rotatable bonds is 5. The van der Waals surface area contributed by atoms with E-state index in [2.05, 4.69) is 51.3 Å². The first-order valence-electron chi connectivity index (χ1n) is 8.68. The van der Waals surface area contributed by atoms with Crippen LogP contribution in [-0.2, 0) is 11.4 Å². The zero-order valence-corrected chi connectivity index (χ0v) is 20.7. The summed E-state index contributed by atoms with van der Waals surface area (Å²) in [5, 5.41) is 8.98. The van der Waals surface area contributed by atoms with E-state index in [1.54, 1.807) is 12.1 Å². The Kier molecular flexibility index (Phi) is 7.23. The van der Waals surface area contributed by atoms with Crippen molar-refractivity contribution in [1.82, 2.24) is 4.90 Å². The van der Waals surface area contributed by atoms with E-state index in [4.69, 9.17) is 4.74 Å². The Balaban J connectivity index is 1.82. The average Bonchev–Trinajstić information content (AvgIpc) is 2.94. The number of halogens is 2. The van der Waals surface area contributed by atoms with Crippen LogP contribution < -0.4 is 4.74 Å². The molecule has 0 atom stereocenters. The lowest BCUT2D eigenvalue weighted by Gasteiger charge is -2.16. The summed E-state index contributed by atoms with van der Waals surface area (Å²) >= 11 is 5.34. The summed E-state index contributed by atoms with van der Waals surface area (Å²) in [7, 11) is 0. The monoisotopic (exact) mass is 630 g/mol. The quantitative estimate of drug-likeness (QED) is 0.309. The van der Waals surface area contributed by atoms with Gasteiger partial charge in [-0.25, -0.2) is 0 Å². The van der Waals surface area contributed by atoms with Crippen LogP contribution in [0.4, 0.5) is 4.79 Å². The normalized spacial score (nSPS) is 15.3. The number of nitriles is 1. The summed E-state index contributed by atoms with van der Waals surface area (Å²) in [6.07, 6.45) is 1.74. The maximum absolute atomic E-state index is 12.5. The molecule has 5 nitrogen and oxygen atoms in total. The highest BCUT2D eigenvalue weighted by Gasteiger charge is 2.36. The maximum Gasteiger partial charge on any atom is 0.293 e. The second kappa shape index (κ2) is 9.49. The van der Waals surface area contributed by atoms with Crippen molar-refractivity contribution in [3.05, 3.63) is 65.1 Å². The highest BCUT2D eigenvalue weighted by atomic mass is 127. The van der Waals surface area contributed by atoms with Crippen LogP contribution in [0.15, 0.2) is 41.3 Å². The van der Waals surface area contributed by atoms with Crippen LogP contribution in [0.25, 0.3) is 6.08 Å². The molecule has 29 heavy (non-hydrogen) atoms. The fourth-order valence-electron chi connectivity index (χ4n) is 2.78. The molecule has 1 aliphatic rings. The Bertz CT molecular complexity index is 1040. The number of carbonyl (C=O) groups excluding carboxylic acids is 2. The van der Waals surface area contributed by atoms with Gasteiger partial charge < -0.3 is 4.74 Å². The summed E-state index contributed by atoms with van der Waals surface area (Å²) in [6, 6.07) is 13.2. The highest BCUT2D eigenvalue weighted by Crippen LogP contribution is 2.35. The second-order valence-corrected chi connectivity index (χ2v) is 9.83. The number of benzene rings is 2. The van der Waals surface area contributed by atoms with Crippen LogP contribution in [0.5, 0.6) is 5.75 Å². The summed E-state index contributed by atoms with van der Waals surface area (Å²) in [5.41, 5.74) is 2.25. The van der Waals surface area contributed by atoms with Gasteiger partial charge in [0.2, 0.25) is 0 Å². The first kappa shape index (κ1) is 22.1. The Morgan fingerprint density at radius 1 is 1.21 bits per heavy atom. The predicted octanol–water partition coefficient (Wildman–Crippen LogP) is 5.79. The molecule has 1 heterocycles. The average molecular weight is 630 g/mol. The van der Waals surface area contributed by atoms with Gasteiger partial charge in [-0.3, -0.25) is 14.5 Å². The van der Waals surface area contributed by atoms with Crippen LogP contribution in [0, 0.1) is 18.5 Å². The predicted molar refractivity (Wildman–Crippen MR) is 130 cm³/mol. The first-order chi connectivity index (χ1) is 13.8. The van der Waals surface area contributed by atoms with Gasteiger partial charge in [-0.1, -0.05) is 18.2 Å². The number of hydrogen-bond donors (Lipinski definition) is 0. The topological polar surface area (TPSA) is 70.4 Å². The molecule has 0 spiro atoms. The van der Waals surface area contributed by atoms with E-state index in [0.717, 1.165) is 35.8 Å². The van der Waals surface area contributed by atoms with Gasteiger partial charge in [0.05, 0.1) is 23.7 Å². The number of nitrogens with zero attached hydrogens (tertiary/aromatic N) is 2. The summed E-state index contributed by atoms with van der Waals surface area (Å²) < 4.78 is 7.76. The number of imide groups is 1. The maximum atomic E-state index is 12.5. The van der Waals surface area contributed by atoms with Gasteiger partial charge in [-0.15, -0.1) is 0 Å². The van der Waals surface area contributed by atoms with Crippen molar-refractivity contribution in [2.45, 2.75) is 26.5 Å². The molecule has 0 saturated carbocycles. The molecule has 0 bridgehead atoms. The fourth-order valence-corrected chi connectivity index (χ4v) is 5.87. The Morgan fingerprint density at radius 2 is 1.86 bits per heavy atom. The third kappa shape index (κ3) is 4.95. The molecule has 0 aromatic heterocycles. The van der Waals surface area contributed by atoms with Crippen molar-refractivity contribution in [2.75, 3.05) is 0 Å². The van der Waals surface area contributed by atoms with Crippen LogP contribution in [0.1, 0.15) is 30.5 Å². The van der Waals surface area contributed by atoms with E-state index in [-0.39, 0.29) is 17.2 Å². The highest BCUT2D eigenvalue weighted by molar-refractivity contribution is 14.1. The van der Waals surface area contributed by atoms with Crippen molar-refractivity contribution in [3.8, 4) is 11.8 Å². The molecular weight excluding hydrogens is 614 g/mol. The standard InChI is InChI=1S/C21H16I2N2O3S/c1-12(2)25-20(26)18(29-21(25)27)9-13-7-16(22)19(17(23)8-13)28-11-15-6-4-3-5-14(15)10-24/h3-9,12H,11H2,1-2H3/b18-9+. The molecule has 2 aromatic rings. The second-order valence-electron chi connectivity index (χ2n) is 6.52. The van der Waals surface area contributed by atoms with Crippen molar-refractivity contribution in [2.24, 2.45) is 0 Å². The number of amides is 2. The minimum absolute atomic E-state index is 0.166. The zero-order valence-electron chi connectivity index (χ0n) is 15.6. The number of thioether (sulfide) groups is 1. The van der Waals surface area contributed by atoms with E-state index in [0.29, 0.717) is 17.1 Å². The third-order valence-electron chi connectivity index (χ3n) is 4.17. The molecular formula is C21H16I2N2O3S. The van der Waals surface area contributed by atoms with Gasteiger partial charge in [-0.2, -0.15) is 5.26 Å². The van der Waals surface area contributed by atoms with Gasteiger partial charge in [0, 0.05) is 11.6 Å². The SMILES string of the molecule is CC(C)N1C(=O)S/C(=C/c2cc(I)c(OCc3ccccc3C#N)c(I)c2)C1=O. The Morgan fingerprint density at radius 3 is 2.45 bits per heavy atom. The zero-order chi connectivity index (χ0) is 21.1. The molecule has 1 saturated heterocycles. The van der Waals surface area contributed by atoms with Crippen molar-refractivity contribution in [3.63, 3.8) is 0 Å². The Labute approximate surface area is 200 Å². The molecule has 0 N–H and O–H groups in total. The molecule has 0 aliphatic carbocycles. The van der Waals surface area contributed by atoms with Crippen LogP contribution in [0.2, 0.25) is 0 Å². The van der Waals surface area contributed by atoms with Crippen molar-refractivity contribution >= 4 is 74.2 Å². The minimum Gasteiger partial charge on any atom is -0.487 e. The smallest absolute Gasteiger partial charge is 0.293 e. The van der Waals surface area contributed by atoms with Gasteiger partial charge in [0.25, 0.3) is 11.1 Å². The number of hydrogen-bond acceptors (Lipinski definition) is 5. The molecule has 1 aliphatic heterocycles. The largest absolute Gasteiger partial charge is 0.487 e. The van der Waals surface area contributed by atoms with Crippen LogP contribution in [-0.4, -0.2) is 22.1 Å². The molecule has 8 heteroatoms. The van der Waals surface area contributed by atoms with E-state index in [1.165, 1.54) is 4.90 Å². The lowest BCUT2D eigenvalue weighted by atomic mass is 10.1. The Hall–Kier alpha value is -1.58. The molecule has 1 fully saturated rings. The first-order valence-corrected chi connectivity index (χ1v) is 11.7. The van der Waals surface area contributed by atoms with E-state index >= 15 is 0 Å². The lowest BCUT2D eigenvalue weighted by Crippen LogP contribution is -2.34. The molecule has 3 rings (SSSR count). The van der Waals surface area contributed by atoms with Gasteiger partial charge in [-0.05, 0) is 101 Å². The number of carbonyl (C=O) groups is 2. The molecule has 2 amide bonds. The van der Waals surface area contributed by atoms with Crippen molar-refractivity contribution in [1.29, 1.82) is 5.26 Å². The van der Waals surface area contributed by atoms with Gasteiger partial charge in [0.15, 0.2) is 0 Å². The summed E-state index contributed by atoms with van der Waals surface area (Å²) in [6.45, 7) is 3.94. The minimum atomic E-state index is -0.256. The summed E-state index contributed by atoms with van der Waals surface area (Å²) in [4.78, 5) is 26.2. The van der Waals surface area contributed by atoms with Crippen LogP contribution >= 0.6 is 56.9 Å². The van der Waals surface area contributed by atoms with E-state index in [9.17, 15) is 14.9 Å². The van der Waals surface area contributed by atoms with Gasteiger partial charge in [0.1, 0.15) is 12.4 Å². The lowest BCUT2D eigenvalue weighted by molar-refractivity contribution is -0.123. The van der Waals surface area contributed by atoms with E-state index in [1.807, 2.05) is 44.2 Å². The van der Waals surface area contributed by atoms with Crippen molar-refractivity contribution < 1.29 is 14.3 Å². The molecule has 0 radical (unpaired) electrons. The molecule has 148 valence electrons. The number of ether oxygens (including phenoxy) is 1. The van der Waals surface area contributed by atoms with Gasteiger partial charge >= 0.3 is 0 Å². The molecule has 0 unspecified atom stereocenters. The fraction of sp³-hybridized carbons (Fsp3) is 0.190. The van der Waals surface area contributed by atoms with Crippen LogP contribution in [0.3, 0.4) is 0 Å². The summed E-state index contributed by atoms with van der Waals surface area (Å²) in [5.74, 6) is 0.472. The van der Waals surface area contributed by atoms with E-state index < -0.39 is 0 Å². The molecule has 2 aromatic carbocycles. The third-order valence-corrected chi connectivity index (χ3v) is 6.65.